The molecule has 3 rings (SSSR count). The largest absolute Gasteiger partial charge is 0.366 e. The van der Waals surface area contributed by atoms with Gasteiger partial charge in [-0.15, -0.1) is 0 Å². The van der Waals surface area contributed by atoms with Crippen molar-refractivity contribution in [2.75, 3.05) is 0 Å². The third-order valence-corrected chi connectivity index (χ3v) is 3.14. The standard InChI is InChI=1S/C17H13N3O/c18-17(21)10-14(12-4-2-1-3-5-12)16-7-6-13-11-19-9-8-15(13)20-16/h1-11H,(H2,18,21). The van der Waals surface area contributed by atoms with Crippen LogP contribution in [0.25, 0.3) is 16.5 Å². The molecule has 0 unspecified atom stereocenters. The predicted octanol–water partition coefficient (Wildman–Crippen LogP) is 2.55. The van der Waals surface area contributed by atoms with Gasteiger partial charge in [-0.2, -0.15) is 0 Å². The van der Waals surface area contributed by atoms with Crippen LogP contribution in [-0.2, 0) is 4.79 Å². The molecule has 0 aliphatic carbocycles. The number of benzene rings is 1. The maximum Gasteiger partial charge on any atom is 0.242 e. The fraction of sp³-hybridized carbons (Fsp3) is 0. The zero-order valence-electron chi connectivity index (χ0n) is 11.2. The van der Waals surface area contributed by atoms with Crippen LogP contribution in [0.4, 0.5) is 0 Å². The van der Waals surface area contributed by atoms with Crippen LogP contribution >= 0.6 is 0 Å². The van der Waals surface area contributed by atoms with Crippen molar-refractivity contribution in [1.29, 1.82) is 0 Å². The van der Waals surface area contributed by atoms with Crippen LogP contribution in [-0.4, -0.2) is 15.9 Å². The highest BCUT2D eigenvalue weighted by Crippen LogP contribution is 2.23. The summed E-state index contributed by atoms with van der Waals surface area (Å²) in [5.41, 5.74) is 8.47. The third kappa shape index (κ3) is 2.79. The zero-order valence-corrected chi connectivity index (χ0v) is 11.2. The van der Waals surface area contributed by atoms with Gasteiger partial charge < -0.3 is 5.73 Å². The first-order valence-electron chi connectivity index (χ1n) is 6.52. The van der Waals surface area contributed by atoms with Gasteiger partial charge in [0.2, 0.25) is 5.91 Å². The molecule has 0 saturated carbocycles. The van der Waals surface area contributed by atoms with Gasteiger partial charge in [0.05, 0.1) is 11.2 Å². The van der Waals surface area contributed by atoms with Crippen LogP contribution < -0.4 is 5.73 Å². The van der Waals surface area contributed by atoms with E-state index in [9.17, 15) is 4.79 Å². The van der Waals surface area contributed by atoms with Gasteiger partial charge in [0.15, 0.2) is 0 Å². The monoisotopic (exact) mass is 275 g/mol. The molecule has 2 heterocycles. The third-order valence-electron chi connectivity index (χ3n) is 3.14. The summed E-state index contributed by atoms with van der Waals surface area (Å²) in [6.07, 6.45) is 4.86. The van der Waals surface area contributed by atoms with Crippen molar-refractivity contribution in [3.63, 3.8) is 0 Å². The van der Waals surface area contributed by atoms with Gasteiger partial charge in [-0.3, -0.25) is 9.78 Å². The van der Waals surface area contributed by atoms with Gasteiger partial charge in [-0.1, -0.05) is 30.3 Å². The maximum atomic E-state index is 11.3. The highest BCUT2D eigenvalue weighted by molar-refractivity contribution is 5.98. The first-order chi connectivity index (χ1) is 10.2. The van der Waals surface area contributed by atoms with Crippen LogP contribution in [0.1, 0.15) is 11.3 Å². The second-order valence-electron chi connectivity index (χ2n) is 4.59. The quantitative estimate of drug-likeness (QED) is 0.747. The molecule has 0 bridgehead atoms. The van der Waals surface area contributed by atoms with Crippen LogP contribution in [0.2, 0.25) is 0 Å². The van der Waals surface area contributed by atoms with Gasteiger partial charge >= 0.3 is 0 Å². The smallest absolute Gasteiger partial charge is 0.242 e. The van der Waals surface area contributed by atoms with Gasteiger partial charge in [-0.25, -0.2) is 4.98 Å². The number of hydrogen-bond acceptors (Lipinski definition) is 3. The first-order valence-corrected chi connectivity index (χ1v) is 6.52. The molecule has 0 radical (unpaired) electrons. The SMILES string of the molecule is NC(=O)C=C(c1ccccc1)c1ccc2cnccc2n1. The molecule has 0 atom stereocenters. The minimum atomic E-state index is -0.495. The molecule has 1 amide bonds. The number of pyridine rings is 2. The van der Waals surface area contributed by atoms with Crippen molar-refractivity contribution in [3.8, 4) is 0 Å². The second-order valence-corrected chi connectivity index (χ2v) is 4.59. The Kier molecular flexibility index (Phi) is 3.43. The highest BCUT2D eigenvalue weighted by atomic mass is 16.1. The molecule has 4 nitrogen and oxygen atoms in total. The number of amides is 1. The van der Waals surface area contributed by atoms with E-state index in [1.54, 1.807) is 12.4 Å². The van der Waals surface area contributed by atoms with E-state index < -0.39 is 5.91 Å². The predicted molar refractivity (Wildman–Crippen MR) is 82.3 cm³/mol. The molecule has 2 aromatic heterocycles. The summed E-state index contributed by atoms with van der Waals surface area (Å²) < 4.78 is 0. The molecule has 0 saturated heterocycles. The van der Waals surface area contributed by atoms with E-state index in [1.165, 1.54) is 6.08 Å². The lowest BCUT2D eigenvalue weighted by atomic mass is 10.0. The average Bonchev–Trinajstić information content (AvgIpc) is 2.53. The Morgan fingerprint density at radius 1 is 1.05 bits per heavy atom. The number of rotatable bonds is 3. The van der Waals surface area contributed by atoms with Gasteiger partial charge in [0.25, 0.3) is 0 Å². The van der Waals surface area contributed by atoms with Gasteiger partial charge in [0.1, 0.15) is 0 Å². The van der Waals surface area contributed by atoms with Gasteiger partial charge in [0, 0.05) is 29.4 Å². The maximum absolute atomic E-state index is 11.3. The molecule has 102 valence electrons. The minimum Gasteiger partial charge on any atom is -0.366 e. The Morgan fingerprint density at radius 3 is 2.62 bits per heavy atom. The van der Waals surface area contributed by atoms with E-state index >= 15 is 0 Å². The van der Waals surface area contributed by atoms with Crippen molar-refractivity contribution in [2.45, 2.75) is 0 Å². The molecular weight excluding hydrogens is 262 g/mol. The molecule has 1 aromatic carbocycles. The van der Waals surface area contributed by atoms with Crippen LogP contribution in [0, 0.1) is 0 Å². The minimum absolute atomic E-state index is 0.495. The number of nitrogens with zero attached hydrogens (tertiary/aromatic N) is 2. The van der Waals surface area contributed by atoms with E-state index in [2.05, 4.69) is 9.97 Å². The number of aromatic nitrogens is 2. The van der Waals surface area contributed by atoms with E-state index in [-0.39, 0.29) is 0 Å². The molecule has 0 aliphatic heterocycles. The highest BCUT2D eigenvalue weighted by Gasteiger charge is 2.08. The number of carbonyl (C=O) groups is 1. The van der Waals surface area contributed by atoms with Crippen molar-refractivity contribution >= 4 is 22.4 Å². The zero-order chi connectivity index (χ0) is 14.7. The van der Waals surface area contributed by atoms with Crippen molar-refractivity contribution in [3.05, 3.63) is 78.3 Å². The topological polar surface area (TPSA) is 68.9 Å². The Labute approximate surface area is 122 Å². The Bertz CT molecular complexity index is 826. The van der Waals surface area contributed by atoms with E-state index in [1.807, 2.05) is 48.5 Å². The summed E-state index contributed by atoms with van der Waals surface area (Å²) in [5.74, 6) is -0.495. The summed E-state index contributed by atoms with van der Waals surface area (Å²) >= 11 is 0. The van der Waals surface area contributed by atoms with Crippen molar-refractivity contribution in [2.24, 2.45) is 5.73 Å². The summed E-state index contributed by atoms with van der Waals surface area (Å²) in [4.78, 5) is 20.0. The fourth-order valence-corrected chi connectivity index (χ4v) is 2.18. The lowest BCUT2D eigenvalue weighted by molar-refractivity contribution is -0.113. The summed E-state index contributed by atoms with van der Waals surface area (Å²) in [6.45, 7) is 0. The summed E-state index contributed by atoms with van der Waals surface area (Å²) in [7, 11) is 0. The molecule has 2 N–H and O–H groups in total. The van der Waals surface area contributed by atoms with Crippen molar-refractivity contribution in [1.82, 2.24) is 9.97 Å². The number of nitrogens with two attached hydrogens (primary N) is 1. The molecular formula is C17H13N3O. The number of hydrogen-bond donors (Lipinski definition) is 1. The van der Waals surface area contributed by atoms with E-state index in [4.69, 9.17) is 5.73 Å². The molecule has 0 fully saturated rings. The fourth-order valence-electron chi connectivity index (χ4n) is 2.18. The normalized spacial score (nSPS) is 11.5. The number of fused-ring (bicyclic) bond motifs is 1. The molecule has 3 aromatic rings. The van der Waals surface area contributed by atoms with Gasteiger partial charge in [-0.05, 0) is 23.8 Å². The summed E-state index contributed by atoms with van der Waals surface area (Å²) in [6, 6.07) is 15.2. The lowest BCUT2D eigenvalue weighted by Crippen LogP contribution is -2.08. The van der Waals surface area contributed by atoms with Crippen LogP contribution in [0.5, 0.6) is 0 Å². The van der Waals surface area contributed by atoms with Crippen LogP contribution in [0.15, 0.2) is 67.0 Å². The lowest BCUT2D eigenvalue weighted by Gasteiger charge is -2.08. The molecule has 0 spiro atoms. The second kappa shape index (κ2) is 5.54. The van der Waals surface area contributed by atoms with Crippen LogP contribution in [0.3, 0.4) is 0 Å². The molecule has 0 aliphatic rings. The number of carbonyl (C=O) groups excluding carboxylic acids is 1. The number of primary amides is 1. The van der Waals surface area contributed by atoms with E-state index in [0.29, 0.717) is 11.3 Å². The molecule has 4 heteroatoms. The summed E-state index contributed by atoms with van der Waals surface area (Å²) in [5, 5.41) is 0.952. The van der Waals surface area contributed by atoms with Crippen molar-refractivity contribution < 1.29 is 4.79 Å². The van der Waals surface area contributed by atoms with E-state index in [0.717, 1.165) is 16.5 Å². The Balaban J connectivity index is 2.17. The average molecular weight is 275 g/mol. The Hall–Kier alpha value is -3.01. The Morgan fingerprint density at radius 2 is 1.86 bits per heavy atom. The first kappa shape index (κ1) is 13.0. The molecule has 21 heavy (non-hydrogen) atoms.